The van der Waals surface area contributed by atoms with Crippen LogP contribution in [0.2, 0.25) is 0 Å². The van der Waals surface area contributed by atoms with Gasteiger partial charge in [0.1, 0.15) is 11.5 Å². The zero-order chi connectivity index (χ0) is 17.8. The molecule has 0 spiro atoms. The Bertz CT molecular complexity index is 1010. The Morgan fingerprint density at radius 1 is 1.04 bits per heavy atom. The van der Waals surface area contributed by atoms with Crippen LogP contribution >= 0.6 is 11.8 Å². The first-order chi connectivity index (χ1) is 12.8. The van der Waals surface area contributed by atoms with Gasteiger partial charge in [0.25, 0.3) is 5.91 Å². The second kappa shape index (κ2) is 7.41. The summed E-state index contributed by atoms with van der Waals surface area (Å²) >= 11 is 1.60. The van der Waals surface area contributed by atoms with Gasteiger partial charge in [-0.2, -0.15) is 0 Å². The quantitative estimate of drug-likeness (QED) is 0.540. The van der Waals surface area contributed by atoms with Crippen molar-refractivity contribution in [2.75, 3.05) is 5.32 Å². The highest BCUT2D eigenvalue weighted by Gasteiger charge is 2.13. The highest BCUT2D eigenvalue weighted by molar-refractivity contribution is 7.98. The largest absolute Gasteiger partial charge is 0.307 e. The van der Waals surface area contributed by atoms with E-state index >= 15 is 0 Å². The third-order valence-corrected chi connectivity index (χ3v) is 4.93. The van der Waals surface area contributed by atoms with Gasteiger partial charge in [-0.05, 0) is 36.4 Å². The monoisotopic (exact) mass is 360 g/mol. The summed E-state index contributed by atoms with van der Waals surface area (Å²) < 4.78 is 2.00. The smallest absolute Gasteiger partial charge is 0.257 e. The Labute approximate surface area is 155 Å². The van der Waals surface area contributed by atoms with Crippen molar-refractivity contribution in [1.82, 2.24) is 14.4 Å². The van der Waals surface area contributed by atoms with Gasteiger partial charge < -0.3 is 9.72 Å². The third-order valence-electron chi connectivity index (χ3n) is 3.83. The number of pyridine rings is 2. The number of thioether (sulfide) groups is 1. The van der Waals surface area contributed by atoms with Gasteiger partial charge in [0.15, 0.2) is 0 Å². The van der Waals surface area contributed by atoms with E-state index in [0.29, 0.717) is 17.1 Å². The Balaban J connectivity index is 1.51. The fourth-order valence-corrected chi connectivity index (χ4v) is 3.54. The van der Waals surface area contributed by atoms with Crippen LogP contribution in [0.25, 0.3) is 5.65 Å². The van der Waals surface area contributed by atoms with E-state index in [2.05, 4.69) is 15.3 Å². The number of anilines is 1. The molecule has 3 aromatic heterocycles. The minimum absolute atomic E-state index is 0.165. The molecule has 0 saturated carbocycles. The lowest BCUT2D eigenvalue weighted by atomic mass is 10.2. The molecule has 4 rings (SSSR count). The molecule has 128 valence electrons. The first kappa shape index (κ1) is 16.4. The van der Waals surface area contributed by atoms with Crippen LogP contribution in [-0.4, -0.2) is 20.3 Å². The lowest BCUT2D eigenvalue weighted by Gasteiger charge is -2.09. The molecule has 3 heterocycles. The SMILES string of the molecule is O=C(Nc1ccccn1)c1ccccc1SCc1cn2ccccc2n1. The number of imidazole rings is 1. The molecule has 0 aliphatic rings. The third kappa shape index (κ3) is 3.60. The zero-order valence-electron chi connectivity index (χ0n) is 13.9. The molecular formula is C20H16N4OS. The van der Waals surface area contributed by atoms with Crippen LogP contribution < -0.4 is 5.32 Å². The van der Waals surface area contributed by atoms with E-state index < -0.39 is 0 Å². The summed E-state index contributed by atoms with van der Waals surface area (Å²) in [5.41, 5.74) is 2.53. The van der Waals surface area contributed by atoms with Crippen molar-refractivity contribution in [3.63, 3.8) is 0 Å². The van der Waals surface area contributed by atoms with Crippen molar-refractivity contribution in [3.05, 3.63) is 90.5 Å². The number of rotatable bonds is 5. The van der Waals surface area contributed by atoms with Gasteiger partial charge in [0.05, 0.1) is 11.3 Å². The van der Waals surface area contributed by atoms with Gasteiger partial charge in [-0.1, -0.05) is 24.3 Å². The highest BCUT2D eigenvalue weighted by Crippen LogP contribution is 2.26. The van der Waals surface area contributed by atoms with Crippen molar-refractivity contribution < 1.29 is 4.79 Å². The second-order valence-corrected chi connectivity index (χ2v) is 6.67. The summed E-state index contributed by atoms with van der Waals surface area (Å²) in [7, 11) is 0. The number of nitrogens with zero attached hydrogens (tertiary/aromatic N) is 3. The molecule has 1 amide bonds. The Morgan fingerprint density at radius 2 is 1.88 bits per heavy atom. The van der Waals surface area contributed by atoms with Gasteiger partial charge in [0.2, 0.25) is 0 Å². The lowest BCUT2D eigenvalue weighted by Crippen LogP contribution is -2.13. The van der Waals surface area contributed by atoms with Crippen molar-refractivity contribution in [2.45, 2.75) is 10.6 Å². The molecule has 4 aromatic rings. The fourth-order valence-electron chi connectivity index (χ4n) is 2.61. The van der Waals surface area contributed by atoms with Crippen LogP contribution in [0, 0.1) is 0 Å². The average Bonchev–Trinajstić information content (AvgIpc) is 3.10. The van der Waals surface area contributed by atoms with Crippen LogP contribution in [0.5, 0.6) is 0 Å². The van der Waals surface area contributed by atoms with E-state index in [1.54, 1.807) is 24.0 Å². The first-order valence-corrected chi connectivity index (χ1v) is 9.15. The number of carbonyl (C=O) groups excluding carboxylic acids is 1. The van der Waals surface area contributed by atoms with Crippen LogP contribution in [0.15, 0.2) is 84.1 Å². The molecule has 5 nitrogen and oxygen atoms in total. The minimum Gasteiger partial charge on any atom is -0.307 e. The number of fused-ring (bicyclic) bond motifs is 1. The number of hydrogen-bond donors (Lipinski definition) is 1. The van der Waals surface area contributed by atoms with E-state index in [0.717, 1.165) is 16.2 Å². The highest BCUT2D eigenvalue weighted by atomic mass is 32.2. The first-order valence-electron chi connectivity index (χ1n) is 8.16. The number of benzene rings is 1. The molecule has 0 atom stereocenters. The van der Waals surface area contributed by atoms with E-state index in [1.807, 2.05) is 71.4 Å². The van der Waals surface area contributed by atoms with Crippen molar-refractivity contribution >= 4 is 29.1 Å². The maximum Gasteiger partial charge on any atom is 0.257 e. The normalized spacial score (nSPS) is 10.8. The number of hydrogen-bond acceptors (Lipinski definition) is 4. The zero-order valence-corrected chi connectivity index (χ0v) is 14.7. The molecule has 1 aromatic carbocycles. The van der Waals surface area contributed by atoms with Crippen LogP contribution in [0.4, 0.5) is 5.82 Å². The lowest BCUT2D eigenvalue weighted by molar-refractivity contribution is 0.102. The number of nitrogens with one attached hydrogen (secondary N) is 1. The maximum absolute atomic E-state index is 12.6. The van der Waals surface area contributed by atoms with Crippen molar-refractivity contribution in [1.29, 1.82) is 0 Å². The predicted molar refractivity (Wildman–Crippen MR) is 103 cm³/mol. The molecule has 0 aliphatic carbocycles. The van der Waals surface area contributed by atoms with E-state index in [9.17, 15) is 4.79 Å². The van der Waals surface area contributed by atoms with Crippen LogP contribution in [0.3, 0.4) is 0 Å². The standard InChI is InChI=1S/C20H16N4OS/c25-20(23-18-9-3-5-11-21-18)16-7-1-2-8-17(16)26-14-15-13-24-12-6-4-10-19(24)22-15/h1-13H,14H2,(H,21,23,25). The molecule has 1 N–H and O–H groups in total. The summed E-state index contributed by atoms with van der Waals surface area (Å²) in [5, 5.41) is 2.84. The van der Waals surface area contributed by atoms with Gasteiger partial charge in [0, 0.05) is 29.2 Å². The number of carbonyl (C=O) groups is 1. The van der Waals surface area contributed by atoms with Crippen molar-refractivity contribution in [3.8, 4) is 0 Å². The molecule has 0 unspecified atom stereocenters. The maximum atomic E-state index is 12.6. The summed E-state index contributed by atoms with van der Waals surface area (Å²) in [4.78, 5) is 22.3. The molecule has 0 saturated heterocycles. The molecule has 6 heteroatoms. The summed E-state index contributed by atoms with van der Waals surface area (Å²) in [6.07, 6.45) is 5.64. The van der Waals surface area contributed by atoms with Gasteiger partial charge in [-0.25, -0.2) is 9.97 Å². The second-order valence-electron chi connectivity index (χ2n) is 5.65. The fraction of sp³-hybridized carbons (Fsp3) is 0.0500. The Morgan fingerprint density at radius 3 is 2.73 bits per heavy atom. The average molecular weight is 360 g/mol. The van der Waals surface area contributed by atoms with E-state index in [4.69, 9.17) is 0 Å². The van der Waals surface area contributed by atoms with Crippen LogP contribution in [-0.2, 0) is 5.75 Å². The topological polar surface area (TPSA) is 59.3 Å². The van der Waals surface area contributed by atoms with E-state index in [-0.39, 0.29) is 5.91 Å². The summed E-state index contributed by atoms with van der Waals surface area (Å²) in [5.74, 6) is 1.06. The van der Waals surface area contributed by atoms with Crippen LogP contribution in [0.1, 0.15) is 16.1 Å². The van der Waals surface area contributed by atoms with Gasteiger partial charge in [-0.15, -0.1) is 11.8 Å². The Hall–Kier alpha value is -3.12. The Kier molecular flexibility index (Phi) is 4.66. The minimum atomic E-state index is -0.165. The van der Waals surface area contributed by atoms with Gasteiger partial charge in [-0.3, -0.25) is 4.79 Å². The molecule has 0 bridgehead atoms. The molecule has 26 heavy (non-hydrogen) atoms. The molecular weight excluding hydrogens is 344 g/mol. The molecule has 0 aliphatic heterocycles. The summed E-state index contributed by atoms with van der Waals surface area (Å²) in [6, 6.07) is 18.9. The van der Waals surface area contributed by atoms with Gasteiger partial charge >= 0.3 is 0 Å². The van der Waals surface area contributed by atoms with E-state index in [1.165, 1.54) is 0 Å². The molecule has 0 fully saturated rings. The molecule has 0 radical (unpaired) electrons. The summed E-state index contributed by atoms with van der Waals surface area (Å²) in [6.45, 7) is 0. The van der Waals surface area contributed by atoms with Crippen molar-refractivity contribution in [2.24, 2.45) is 0 Å². The predicted octanol–water partition coefficient (Wildman–Crippen LogP) is 4.27. The number of aromatic nitrogens is 3. The number of amides is 1.